The standard InChI is InChI=1S/C24H22Cl2N4O/c1-14-7-8-16-5-3-4-6-20(16)29(14)24(31)22-15(2)28-21-11-12-27-30(21)23(22)17-9-10-18(25)19(26)13-17/h3-6,9-14,22-23H,7-8H2,1-2H3. The zero-order valence-corrected chi connectivity index (χ0v) is 18.8. The van der Waals surface area contributed by atoms with Crippen LogP contribution in [0.3, 0.4) is 0 Å². The third kappa shape index (κ3) is 3.36. The highest BCUT2D eigenvalue weighted by Crippen LogP contribution is 2.41. The van der Waals surface area contributed by atoms with Crippen LogP contribution >= 0.6 is 23.2 Å². The molecule has 2 aliphatic heterocycles. The molecular formula is C24H22Cl2N4O. The van der Waals surface area contributed by atoms with Crippen LogP contribution in [0.2, 0.25) is 10.0 Å². The summed E-state index contributed by atoms with van der Waals surface area (Å²) < 4.78 is 1.82. The molecule has 3 aromatic rings. The molecule has 31 heavy (non-hydrogen) atoms. The number of anilines is 1. The van der Waals surface area contributed by atoms with Gasteiger partial charge >= 0.3 is 0 Å². The third-order valence-electron chi connectivity index (χ3n) is 6.28. The maximum atomic E-state index is 14.1. The Morgan fingerprint density at radius 1 is 1.10 bits per heavy atom. The van der Waals surface area contributed by atoms with Crippen molar-refractivity contribution in [2.24, 2.45) is 10.9 Å². The second-order valence-electron chi connectivity index (χ2n) is 8.21. The van der Waals surface area contributed by atoms with Crippen molar-refractivity contribution in [3.63, 3.8) is 0 Å². The molecule has 0 spiro atoms. The van der Waals surface area contributed by atoms with Gasteiger partial charge in [-0.3, -0.25) is 4.79 Å². The maximum absolute atomic E-state index is 14.1. The Morgan fingerprint density at radius 3 is 2.71 bits per heavy atom. The topological polar surface area (TPSA) is 50.5 Å². The van der Waals surface area contributed by atoms with E-state index in [4.69, 9.17) is 28.2 Å². The van der Waals surface area contributed by atoms with E-state index < -0.39 is 5.92 Å². The number of carbonyl (C=O) groups excluding carboxylic acids is 1. The predicted octanol–water partition coefficient (Wildman–Crippen LogP) is 5.87. The lowest BCUT2D eigenvalue weighted by molar-refractivity contribution is -0.121. The lowest BCUT2D eigenvalue weighted by atomic mass is 9.85. The molecule has 5 nitrogen and oxygen atoms in total. The van der Waals surface area contributed by atoms with E-state index in [1.807, 2.05) is 52.9 Å². The van der Waals surface area contributed by atoms with Crippen molar-refractivity contribution in [3.8, 4) is 0 Å². The van der Waals surface area contributed by atoms with Crippen LogP contribution in [0, 0.1) is 5.92 Å². The molecule has 3 atom stereocenters. The molecule has 0 saturated carbocycles. The normalized spacial score (nSPS) is 22.5. The van der Waals surface area contributed by atoms with Gasteiger partial charge in [-0.25, -0.2) is 9.67 Å². The SMILES string of the molecule is CC1=Nc2ccnn2C(c2ccc(Cl)c(Cl)c2)C1C(=O)N1c2ccccc2CCC1C. The molecule has 3 heterocycles. The van der Waals surface area contributed by atoms with Crippen molar-refractivity contribution in [2.75, 3.05) is 4.90 Å². The van der Waals surface area contributed by atoms with Crippen molar-refractivity contribution in [3.05, 3.63) is 75.9 Å². The number of halogens is 2. The fraction of sp³-hybridized carbons (Fsp3) is 0.292. The van der Waals surface area contributed by atoms with Gasteiger partial charge in [0.2, 0.25) is 5.91 Å². The number of nitrogens with zero attached hydrogens (tertiary/aromatic N) is 4. The first kappa shape index (κ1) is 20.3. The zero-order valence-electron chi connectivity index (χ0n) is 17.3. The number of carbonyl (C=O) groups is 1. The number of fused-ring (bicyclic) bond motifs is 2. The Kier molecular flexibility index (Phi) is 5.11. The van der Waals surface area contributed by atoms with E-state index in [-0.39, 0.29) is 18.0 Å². The Hall–Kier alpha value is -2.63. The molecule has 1 aromatic heterocycles. The molecule has 3 unspecified atom stereocenters. The number of rotatable bonds is 2. The van der Waals surface area contributed by atoms with E-state index in [0.29, 0.717) is 10.0 Å². The van der Waals surface area contributed by atoms with Crippen LogP contribution in [0.5, 0.6) is 0 Å². The number of aryl methyl sites for hydroxylation is 1. The van der Waals surface area contributed by atoms with Crippen LogP contribution in [0.25, 0.3) is 0 Å². The molecule has 0 saturated heterocycles. The van der Waals surface area contributed by atoms with Crippen LogP contribution in [0.4, 0.5) is 11.5 Å². The molecule has 5 rings (SSSR count). The number of hydrogen-bond acceptors (Lipinski definition) is 3. The molecule has 158 valence electrons. The predicted molar refractivity (Wildman–Crippen MR) is 125 cm³/mol. The lowest BCUT2D eigenvalue weighted by Gasteiger charge is -2.40. The van der Waals surface area contributed by atoms with Gasteiger partial charge in [-0.1, -0.05) is 47.5 Å². The molecular weight excluding hydrogens is 431 g/mol. The summed E-state index contributed by atoms with van der Waals surface area (Å²) in [6.45, 7) is 4.03. The summed E-state index contributed by atoms with van der Waals surface area (Å²) in [6, 6.07) is 15.3. The zero-order chi connectivity index (χ0) is 21.7. The Labute approximate surface area is 191 Å². The summed E-state index contributed by atoms with van der Waals surface area (Å²) >= 11 is 12.5. The molecule has 0 aliphatic carbocycles. The quantitative estimate of drug-likeness (QED) is 0.487. The van der Waals surface area contributed by atoms with Gasteiger partial charge in [0.15, 0.2) is 5.82 Å². The first-order valence-corrected chi connectivity index (χ1v) is 11.2. The van der Waals surface area contributed by atoms with Gasteiger partial charge in [-0.2, -0.15) is 5.10 Å². The highest BCUT2D eigenvalue weighted by molar-refractivity contribution is 6.42. The first-order chi connectivity index (χ1) is 15.0. The van der Waals surface area contributed by atoms with Crippen molar-refractivity contribution in [2.45, 2.75) is 38.8 Å². The highest BCUT2D eigenvalue weighted by atomic mass is 35.5. The molecule has 2 aromatic carbocycles. The Bertz CT molecular complexity index is 1200. The van der Waals surface area contributed by atoms with Crippen molar-refractivity contribution < 1.29 is 4.79 Å². The summed E-state index contributed by atoms with van der Waals surface area (Å²) in [5.41, 5.74) is 3.83. The number of aliphatic imine (C=N–C) groups is 1. The van der Waals surface area contributed by atoms with Crippen molar-refractivity contribution in [1.29, 1.82) is 0 Å². The van der Waals surface area contributed by atoms with Crippen LogP contribution in [-0.2, 0) is 11.2 Å². The van der Waals surface area contributed by atoms with E-state index in [2.05, 4.69) is 18.1 Å². The van der Waals surface area contributed by atoms with Gasteiger partial charge in [0.25, 0.3) is 0 Å². The molecule has 0 radical (unpaired) electrons. The lowest BCUT2D eigenvalue weighted by Crippen LogP contribution is -2.50. The van der Waals surface area contributed by atoms with Crippen LogP contribution < -0.4 is 4.90 Å². The summed E-state index contributed by atoms with van der Waals surface area (Å²) in [7, 11) is 0. The molecule has 2 aliphatic rings. The third-order valence-corrected chi connectivity index (χ3v) is 7.02. The van der Waals surface area contributed by atoms with E-state index in [1.54, 1.807) is 12.3 Å². The Morgan fingerprint density at radius 2 is 1.90 bits per heavy atom. The monoisotopic (exact) mass is 452 g/mol. The van der Waals surface area contributed by atoms with Gasteiger partial charge in [-0.05, 0) is 56.0 Å². The molecule has 0 N–H and O–H groups in total. The smallest absolute Gasteiger partial charge is 0.238 e. The Balaban J connectivity index is 1.64. The fourth-order valence-corrected chi connectivity index (χ4v) is 5.05. The van der Waals surface area contributed by atoms with Gasteiger partial charge in [0.05, 0.1) is 22.3 Å². The van der Waals surface area contributed by atoms with Crippen molar-refractivity contribution >= 4 is 46.3 Å². The van der Waals surface area contributed by atoms with Gasteiger partial charge in [0, 0.05) is 23.5 Å². The second-order valence-corrected chi connectivity index (χ2v) is 9.02. The van der Waals surface area contributed by atoms with Crippen LogP contribution in [-0.4, -0.2) is 27.4 Å². The van der Waals surface area contributed by atoms with E-state index >= 15 is 0 Å². The number of para-hydroxylation sites is 1. The average molecular weight is 453 g/mol. The summed E-state index contributed by atoms with van der Waals surface area (Å²) in [5, 5.41) is 5.44. The maximum Gasteiger partial charge on any atom is 0.238 e. The van der Waals surface area contributed by atoms with E-state index in [1.165, 1.54) is 5.56 Å². The minimum atomic E-state index is -0.502. The van der Waals surface area contributed by atoms with E-state index in [9.17, 15) is 4.79 Å². The van der Waals surface area contributed by atoms with Gasteiger partial charge in [0.1, 0.15) is 5.92 Å². The van der Waals surface area contributed by atoms with Crippen LogP contribution in [0.1, 0.15) is 37.4 Å². The first-order valence-electron chi connectivity index (χ1n) is 10.4. The number of hydrogen-bond donors (Lipinski definition) is 0. The number of amides is 1. The average Bonchev–Trinajstić information content (AvgIpc) is 3.22. The highest BCUT2D eigenvalue weighted by Gasteiger charge is 2.42. The van der Waals surface area contributed by atoms with Crippen LogP contribution in [0.15, 0.2) is 59.7 Å². The largest absolute Gasteiger partial charge is 0.309 e. The molecule has 0 bridgehead atoms. The molecule has 7 heteroatoms. The van der Waals surface area contributed by atoms with Gasteiger partial charge in [-0.15, -0.1) is 0 Å². The van der Waals surface area contributed by atoms with Crippen molar-refractivity contribution in [1.82, 2.24) is 9.78 Å². The molecule has 1 amide bonds. The number of aromatic nitrogens is 2. The summed E-state index contributed by atoms with van der Waals surface area (Å²) in [6.07, 6.45) is 3.61. The van der Waals surface area contributed by atoms with Gasteiger partial charge < -0.3 is 4.90 Å². The number of benzene rings is 2. The summed E-state index contributed by atoms with van der Waals surface area (Å²) in [4.78, 5) is 20.8. The second kappa shape index (κ2) is 7.81. The van der Waals surface area contributed by atoms with E-state index in [0.717, 1.165) is 35.6 Å². The fourth-order valence-electron chi connectivity index (χ4n) is 4.75. The minimum absolute atomic E-state index is 0.0260. The summed E-state index contributed by atoms with van der Waals surface area (Å²) in [5.74, 6) is 0.251. The minimum Gasteiger partial charge on any atom is -0.309 e. The molecule has 0 fully saturated rings.